The molecule has 4 aromatic rings. The zero-order chi connectivity index (χ0) is 27.0. The fourth-order valence-electron chi connectivity index (χ4n) is 4.71. The molecule has 0 unspecified atom stereocenters. The first-order valence-corrected chi connectivity index (χ1v) is 12.5. The van der Waals surface area contributed by atoms with Crippen LogP contribution in [0, 0.1) is 27.7 Å². The molecule has 0 atom stereocenters. The Morgan fingerprint density at radius 3 is 1.92 bits per heavy atom. The molecule has 0 saturated carbocycles. The summed E-state index contributed by atoms with van der Waals surface area (Å²) in [6.45, 7) is 8.80. The smallest absolute Gasteiger partial charge is 0.338 e. The van der Waals surface area contributed by atoms with Crippen molar-refractivity contribution in [3.05, 3.63) is 98.5 Å². The maximum absolute atomic E-state index is 14.1. The molecule has 0 radical (unpaired) electrons. The second-order valence-corrected chi connectivity index (χ2v) is 10.1. The number of benzene rings is 4. The van der Waals surface area contributed by atoms with Gasteiger partial charge in [0.25, 0.3) is 5.91 Å². The summed E-state index contributed by atoms with van der Waals surface area (Å²) >= 11 is 3.48. The number of anilines is 3. The molecule has 0 aliphatic heterocycles. The molecule has 7 heteroatoms. The van der Waals surface area contributed by atoms with Gasteiger partial charge in [0.05, 0.1) is 22.5 Å². The number of halogens is 1. The van der Waals surface area contributed by atoms with Crippen LogP contribution < -0.4 is 10.2 Å². The van der Waals surface area contributed by atoms with Gasteiger partial charge in [0, 0.05) is 22.5 Å². The molecule has 0 bridgehead atoms. The minimum Gasteiger partial charge on any atom is -0.478 e. The maximum Gasteiger partial charge on any atom is 0.338 e. The van der Waals surface area contributed by atoms with Gasteiger partial charge in [-0.25, -0.2) is 9.69 Å². The highest BCUT2D eigenvalue weighted by atomic mass is 79.9. The van der Waals surface area contributed by atoms with Crippen LogP contribution in [0.3, 0.4) is 0 Å². The molecule has 0 aliphatic rings. The molecule has 0 aromatic heterocycles. The lowest BCUT2D eigenvalue weighted by Gasteiger charge is -2.25. The first kappa shape index (κ1) is 26.1. The molecule has 0 fully saturated rings. The number of nitrogens with one attached hydrogen (secondary N) is 1. The van der Waals surface area contributed by atoms with Crippen LogP contribution in [-0.2, 0) is 4.79 Å². The molecule has 0 spiro atoms. The van der Waals surface area contributed by atoms with Crippen molar-refractivity contribution >= 4 is 61.5 Å². The van der Waals surface area contributed by atoms with E-state index in [2.05, 4.69) is 21.2 Å². The zero-order valence-corrected chi connectivity index (χ0v) is 22.9. The lowest BCUT2D eigenvalue weighted by Crippen LogP contribution is -2.37. The second kappa shape index (κ2) is 10.2. The number of hydrogen-bond donors (Lipinski definition) is 2. The van der Waals surface area contributed by atoms with Crippen LogP contribution in [-0.4, -0.2) is 22.9 Å². The number of carboxylic acid groups (broad SMARTS) is 1. The third-order valence-electron chi connectivity index (χ3n) is 6.46. The summed E-state index contributed by atoms with van der Waals surface area (Å²) in [5.41, 5.74) is 4.56. The van der Waals surface area contributed by atoms with Gasteiger partial charge in [-0.2, -0.15) is 0 Å². The minimum absolute atomic E-state index is 0.0751. The summed E-state index contributed by atoms with van der Waals surface area (Å²) in [5.74, 6) is -2.47. The zero-order valence-electron chi connectivity index (χ0n) is 21.3. The minimum atomic E-state index is -1.27. The van der Waals surface area contributed by atoms with Gasteiger partial charge >= 0.3 is 5.97 Å². The van der Waals surface area contributed by atoms with E-state index in [1.54, 1.807) is 6.07 Å². The van der Waals surface area contributed by atoms with Crippen LogP contribution in [0.15, 0.2) is 65.1 Å². The molecule has 0 aliphatic carbocycles. The molecule has 2 N–H and O–H groups in total. The van der Waals surface area contributed by atoms with Crippen LogP contribution in [0.5, 0.6) is 0 Å². The molecule has 0 saturated heterocycles. The van der Waals surface area contributed by atoms with Gasteiger partial charge < -0.3 is 10.4 Å². The Kier molecular flexibility index (Phi) is 7.18. The highest BCUT2D eigenvalue weighted by Gasteiger charge is 2.31. The summed E-state index contributed by atoms with van der Waals surface area (Å²) in [7, 11) is 0. The Bertz CT molecular complexity index is 1550. The fraction of sp³-hybridized carbons (Fsp3) is 0.167. The second-order valence-electron chi connectivity index (χ2n) is 9.14. The predicted octanol–water partition coefficient (Wildman–Crippen LogP) is 7.47. The largest absolute Gasteiger partial charge is 0.478 e. The van der Waals surface area contributed by atoms with Crippen molar-refractivity contribution in [3.8, 4) is 0 Å². The number of carbonyl (C=O) groups is 3. The van der Waals surface area contributed by atoms with Gasteiger partial charge in [-0.05, 0) is 73.5 Å². The van der Waals surface area contributed by atoms with Crippen molar-refractivity contribution in [1.29, 1.82) is 0 Å². The van der Waals surface area contributed by atoms with E-state index >= 15 is 0 Å². The monoisotopic (exact) mass is 558 g/mol. The lowest BCUT2D eigenvalue weighted by molar-refractivity contribution is -0.116. The number of fused-ring (bicyclic) bond motifs is 1. The number of imide groups is 1. The molecule has 4 aromatic carbocycles. The van der Waals surface area contributed by atoms with Crippen molar-refractivity contribution < 1.29 is 19.5 Å². The summed E-state index contributed by atoms with van der Waals surface area (Å²) in [6, 6.07) is 18.3. The highest BCUT2D eigenvalue weighted by Crippen LogP contribution is 2.38. The molecule has 188 valence electrons. The van der Waals surface area contributed by atoms with Crippen molar-refractivity contribution in [1.82, 2.24) is 0 Å². The third-order valence-corrected chi connectivity index (χ3v) is 6.95. The number of nitrogens with zero attached hydrogens (tertiary/aromatic N) is 1. The average molecular weight is 559 g/mol. The van der Waals surface area contributed by atoms with Gasteiger partial charge in [0.1, 0.15) is 0 Å². The predicted molar refractivity (Wildman–Crippen MR) is 151 cm³/mol. The van der Waals surface area contributed by atoms with Crippen LogP contribution in [0.2, 0.25) is 0 Å². The molecule has 4 rings (SSSR count). The van der Waals surface area contributed by atoms with Crippen LogP contribution in [0.25, 0.3) is 10.8 Å². The third kappa shape index (κ3) is 4.87. The first-order valence-electron chi connectivity index (χ1n) is 11.7. The van der Waals surface area contributed by atoms with E-state index in [0.29, 0.717) is 16.5 Å². The van der Waals surface area contributed by atoms with Gasteiger partial charge in [0.15, 0.2) is 0 Å². The van der Waals surface area contributed by atoms with E-state index in [1.165, 1.54) is 6.92 Å². The Labute approximate surface area is 224 Å². The number of hydrogen-bond acceptors (Lipinski definition) is 4. The number of aryl methyl sites for hydroxylation is 4. The Hall–Kier alpha value is -3.97. The van der Waals surface area contributed by atoms with E-state index in [-0.39, 0.29) is 16.8 Å². The molecule has 2 amide bonds. The van der Waals surface area contributed by atoms with Crippen LogP contribution in [0.1, 0.15) is 49.9 Å². The Balaban J connectivity index is 2.05. The quantitative estimate of drug-likeness (QED) is 0.265. The first-order chi connectivity index (χ1) is 17.5. The fourth-order valence-corrected chi connectivity index (χ4v) is 5.07. The number of rotatable bonds is 5. The molecule has 6 nitrogen and oxygen atoms in total. The van der Waals surface area contributed by atoms with Crippen molar-refractivity contribution in [2.45, 2.75) is 34.6 Å². The van der Waals surface area contributed by atoms with Gasteiger partial charge in [-0.3, -0.25) is 9.59 Å². The van der Waals surface area contributed by atoms with Gasteiger partial charge in [-0.1, -0.05) is 58.4 Å². The lowest BCUT2D eigenvalue weighted by atomic mass is 9.95. The number of para-hydroxylation sites is 2. The molecular formula is C30H27BrN2O4. The maximum atomic E-state index is 14.1. The molecular weight excluding hydrogens is 532 g/mol. The van der Waals surface area contributed by atoms with Crippen LogP contribution in [0.4, 0.5) is 17.1 Å². The van der Waals surface area contributed by atoms with Crippen molar-refractivity contribution in [2.75, 3.05) is 10.2 Å². The van der Waals surface area contributed by atoms with E-state index in [0.717, 1.165) is 37.3 Å². The Morgan fingerprint density at radius 2 is 1.38 bits per heavy atom. The Morgan fingerprint density at radius 1 is 0.811 bits per heavy atom. The van der Waals surface area contributed by atoms with E-state index < -0.39 is 17.8 Å². The normalized spacial score (nSPS) is 10.9. The van der Waals surface area contributed by atoms with E-state index in [1.807, 2.05) is 82.3 Å². The van der Waals surface area contributed by atoms with Gasteiger partial charge in [0.2, 0.25) is 5.91 Å². The standard InChI is InChI=1S/C30H27BrN2O4/c1-16-8-6-9-17(2)26(16)32-27-23-15-22(31)13-12-21(23)14-24(25(27)30(36)37)29(35)33(20(5)34)28-18(3)10-7-11-19(28)4/h6-15,32H,1-5H3,(H,36,37). The van der Waals surface area contributed by atoms with Crippen molar-refractivity contribution in [3.63, 3.8) is 0 Å². The highest BCUT2D eigenvalue weighted by molar-refractivity contribution is 9.10. The number of carboxylic acids is 1. The number of aromatic carboxylic acids is 1. The van der Waals surface area contributed by atoms with E-state index in [4.69, 9.17) is 0 Å². The summed E-state index contributed by atoms with van der Waals surface area (Å²) < 4.78 is 0.765. The van der Waals surface area contributed by atoms with Crippen molar-refractivity contribution in [2.24, 2.45) is 0 Å². The summed E-state index contributed by atoms with van der Waals surface area (Å²) in [6.07, 6.45) is 0. The van der Waals surface area contributed by atoms with Gasteiger partial charge in [-0.15, -0.1) is 0 Å². The molecule has 0 heterocycles. The van der Waals surface area contributed by atoms with E-state index in [9.17, 15) is 19.5 Å². The van der Waals surface area contributed by atoms with Crippen LogP contribution >= 0.6 is 15.9 Å². The molecule has 37 heavy (non-hydrogen) atoms. The number of amides is 2. The SMILES string of the molecule is CC(=O)N(C(=O)c1cc2ccc(Br)cc2c(Nc2c(C)cccc2C)c1C(=O)O)c1c(C)cccc1C. The average Bonchev–Trinajstić information content (AvgIpc) is 2.82. The summed E-state index contributed by atoms with van der Waals surface area (Å²) in [4.78, 5) is 40.8. The summed E-state index contributed by atoms with van der Waals surface area (Å²) in [5, 5.41) is 15.1. The number of carbonyl (C=O) groups excluding carboxylic acids is 2. The topological polar surface area (TPSA) is 86.7 Å².